The second-order valence-electron chi connectivity index (χ2n) is 22.6. The van der Waals surface area contributed by atoms with Gasteiger partial charge in [0.05, 0.1) is 30.2 Å². The number of carbonyl (C=O) groups excluding carboxylic acids is 5. The molecule has 0 aliphatic heterocycles. The first kappa shape index (κ1) is 30.7. The molecule has 6 aromatic rings. The summed E-state index contributed by atoms with van der Waals surface area (Å²) in [6.45, 7) is 34.1. The third-order valence-electron chi connectivity index (χ3n) is 18.3. The molecule has 3 aromatic carbocycles. The normalized spacial score (nSPS) is 30.3. The fourth-order valence-corrected chi connectivity index (χ4v) is 14.4. The largest absolute Gasteiger partial charge is 0.363 e. The highest BCUT2D eigenvalue weighted by Gasteiger charge is 2.57. The summed E-state index contributed by atoms with van der Waals surface area (Å²) in [5.74, 6) is -0.941. The van der Waals surface area contributed by atoms with Gasteiger partial charge >= 0.3 is 0 Å². The van der Waals surface area contributed by atoms with E-state index in [4.69, 9.17) is 108 Å². The Morgan fingerprint density at radius 1 is 0.613 bits per heavy atom. The van der Waals surface area contributed by atoms with E-state index in [0.29, 0.717) is 18.7 Å². The molecule has 0 bridgehead atoms. The molecule has 12 rings (SSSR count). The Bertz CT molecular complexity index is 3930. The molecular formula is C63H114N12O5. The summed E-state index contributed by atoms with van der Waals surface area (Å²) in [4.78, 5) is 86.3. The lowest BCUT2D eigenvalue weighted by atomic mass is 9.56. The van der Waals surface area contributed by atoms with Crippen molar-refractivity contribution in [1.29, 1.82) is 5.26 Å². The smallest absolute Gasteiger partial charge is 0.285 e. The van der Waals surface area contributed by atoms with Gasteiger partial charge in [-0.15, -0.1) is 0 Å². The van der Waals surface area contributed by atoms with Crippen LogP contribution in [0.5, 0.6) is 0 Å². The monoisotopic (exact) mass is 1230 g/mol. The third kappa shape index (κ3) is 8.47. The Labute approximate surface area is 546 Å². The SMILES string of the molecule is [3HH].[3H][3H].[3H][3H].[3H][3H].[3H][3H].[3H][3H].[3H][3H].[3H][3H].[3H][3H].[3H][3H].[3H][3H].[3H][3H].[3H][3H].[3H][3H].[3H][3H].[3H][3H].[3H][3H].[3H][3H].[3H][3H].[3H][3H].[3H][3H].[3H][3H].[3H][3H].[3H][3H].[3H][3H].[3H][3H].[3H][3H].[C-]#[N+]C1=C[C@]2(C)c3nc(C#N)n(-c4ccccc4)c3CC[C@H]2[C@H](C)C1=O.[C-]#[N+]C1=C[C@]2(C)c3nc(C(N)=O)n(-c4ccccc4)c3CC[C@H]2[C@H](C)C1=O.[C-]#[N+]C1C[C@]2(C)c3nc(C(N)=O)n(-c4ccccc4)c3CC[C@H]2[C@H](C)C1=O. The molecule has 17 heteroatoms. The van der Waals surface area contributed by atoms with Crippen molar-refractivity contribution in [3.8, 4) is 23.1 Å². The molecule has 4 N–H and O–H groups in total. The first-order valence-corrected chi connectivity index (χ1v) is 27.0. The maximum atomic E-state index is 12.6. The number of hydrogen-bond acceptors (Lipinski definition) is 9. The minimum atomic E-state index is -0.647. The van der Waals surface area contributed by atoms with Gasteiger partial charge in [0.1, 0.15) is 6.07 Å². The van der Waals surface area contributed by atoms with E-state index < -0.39 is 34.1 Å². The fourth-order valence-electron chi connectivity index (χ4n) is 14.4. The van der Waals surface area contributed by atoms with Crippen LogP contribution in [0.25, 0.3) is 31.6 Å². The fraction of sp³-hybridized carbons (Fsp3) is 0.365. The number of primary amides is 2. The van der Waals surface area contributed by atoms with Gasteiger partial charge in [-0.25, -0.2) is 31.2 Å². The van der Waals surface area contributed by atoms with Crippen molar-refractivity contribution in [2.45, 2.75) is 109 Å². The van der Waals surface area contributed by atoms with E-state index >= 15 is 0 Å². The molecule has 0 radical (unpaired) electrons. The van der Waals surface area contributed by atoms with Crippen LogP contribution in [0.1, 0.15) is 207 Å². The van der Waals surface area contributed by atoms with Gasteiger partial charge in [0.15, 0.2) is 11.6 Å². The lowest BCUT2D eigenvalue weighted by Gasteiger charge is -2.46. The molecule has 3 heterocycles. The highest BCUT2D eigenvalue weighted by atomic mass is 16.2. The summed E-state index contributed by atoms with van der Waals surface area (Å²) in [6.07, 6.45) is 8.62. The molecule has 6 aliphatic carbocycles. The van der Waals surface area contributed by atoms with E-state index in [1.807, 2.05) is 139 Å². The highest BCUT2D eigenvalue weighted by Crippen LogP contribution is 2.54. The number of ketones is 3. The standard InChI is InChI=1S/C21H22N4O2.C21H20N4O2.C21H18N4O.27H2/c2*1-12-14-9-10-16-18(21(14,2)11-15(23-3)17(12)26)24-20(19(22)27)25(16)13-7-5-4-6-8-13;1-13-15-9-10-17-20(21(15,2)11-16(23-3)19(13)26)24-18(12-22)25(17)14-7-5-4-6-8-14;;;;;;;;;;;;;;;;;;;;;;;;;;;/h4-8,12,14-15H,9-11H2,1-2H3,(H2,22,27);4-8,11-12,14H,9-10H2,1-2H3,(H2,22,27);4-8,11,13,15H,9-10H2,1-2H3;27*1H/t12-,14-,15?,21-;12-,14-,21-;13-,15-,21-;;;;;;;;;;;;;;;;;;;;;;;;;;;/m000.........................../s1/i;;;26*1+2T;1+2. The molecule has 17 nitrogen and oxygen atoms in total. The molecule has 0 spiro atoms. The second-order valence-corrected chi connectivity index (χ2v) is 22.6. The first-order valence-electron chi connectivity index (χ1n) is 53.0. The predicted octanol–water partition coefficient (Wildman–Crippen LogP) is 15.7. The molecular weight excluding hydrogens is 1000 g/mol. The topological polar surface area (TPSA) is 228 Å². The number of nitrogens with two attached hydrogens (primary N) is 2. The molecule has 1 unspecified atom stereocenters. The number of benzene rings is 3. The van der Waals surface area contributed by atoms with Crippen LogP contribution in [0.4, 0.5) is 0 Å². The number of nitrogens with zero attached hydrogens (tertiary/aromatic N) is 10. The maximum absolute atomic E-state index is 12.6. The van der Waals surface area contributed by atoms with E-state index in [2.05, 4.69) is 42.5 Å². The number of nitriles is 1. The van der Waals surface area contributed by atoms with Crippen LogP contribution in [0.15, 0.2) is 115 Å². The zero-order valence-corrected chi connectivity index (χ0v) is 45.5. The number of imidazole rings is 3. The van der Waals surface area contributed by atoms with E-state index in [0.717, 1.165) is 83.3 Å². The minimum Gasteiger partial charge on any atom is -0.363 e. The highest BCUT2D eigenvalue weighted by molar-refractivity contribution is 6.01. The van der Waals surface area contributed by atoms with Crippen molar-refractivity contribution in [2.24, 2.45) is 47.0 Å². The average Bonchev–Trinajstić information content (AvgIpc) is 1.68. The van der Waals surface area contributed by atoms with Gasteiger partial charge in [-0.05, 0) is 92.7 Å². The zero-order chi connectivity index (χ0) is 109. The summed E-state index contributed by atoms with van der Waals surface area (Å²) in [5, 5.41) is 9.65. The number of carbonyl (C=O) groups is 5. The number of Topliss-reactive ketones (excluding diaryl/α,β-unsaturated/α-hetero) is 3. The Morgan fingerprint density at radius 3 is 1.41 bits per heavy atom. The van der Waals surface area contributed by atoms with Crippen molar-refractivity contribution in [2.75, 3.05) is 0 Å². The Balaban J connectivity index is -0.0000000744. The van der Waals surface area contributed by atoms with Crippen LogP contribution in [0, 0.1) is 66.6 Å². The number of hydrogen-bond donors (Lipinski definition) is 2. The van der Waals surface area contributed by atoms with E-state index in [1.165, 1.54) is 0 Å². The van der Waals surface area contributed by atoms with Crippen molar-refractivity contribution >= 4 is 29.2 Å². The third-order valence-corrected chi connectivity index (χ3v) is 18.3. The van der Waals surface area contributed by atoms with Gasteiger partial charge in [0, 0.05) is 153 Å². The zero-order valence-electron chi connectivity index (χ0n) is 97.5. The van der Waals surface area contributed by atoms with E-state index in [1.54, 1.807) is 12.2 Å². The van der Waals surface area contributed by atoms with Gasteiger partial charge in [0.25, 0.3) is 17.9 Å². The molecule has 3 aromatic heterocycles. The lowest BCUT2D eigenvalue weighted by molar-refractivity contribution is -0.129. The first-order chi connectivity index (χ1) is 64.3. The molecule has 456 valence electrons. The van der Waals surface area contributed by atoms with Crippen molar-refractivity contribution in [1.82, 2.24) is 28.7 Å². The van der Waals surface area contributed by atoms with Gasteiger partial charge in [-0.2, -0.15) is 5.26 Å². The molecule has 1 saturated carbocycles. The Hall–Kier alpha value is -9.32. The second kappa shape index (κ2) is 20.5. The number of allylic oxidation sites excluding steroid dienone is 4. The molecule has 0 saturated heterocycles. The van der Waals surface area contributed by atoms with Crippen LogP contribution in [-0.2, 0) is 49.9 Å². The van der Waals surface area contributed by atoms with Gasteiger partial charge in [-0.3, -0.25) is 28.1 Å². The number of amides is 2. The number of para-hydroxylation sites is 3. The summed E-state index contributed by atoms with van der Waals surface area (Å²) in [7, 11) is 0. The summed E-state index contributed by atoms with van der Waals surface area (Å²) >= 11 is 0. The quantitative estimate of drug-likeness (QED) is 0.156. The van der Waals surface area contributed by atoms with Crippen LogP contribution >= 0.6 is 0 Å². The minimum absolute atomic E-state index is 0. The predicted molar refractivity (Wildman–Crippen MR) is 354 cm³/mol. The number of aromatic nitrogens is 6. The molecule has 6 aliphatic rings. The van der Waals surface area contributed by atoms with Gasteiger partial charge in [-0.1, -0.05) is 108 Å². The van der Waals surface area contributed by atoms with E-state index in [-0.39, 0.29) is 77.3 Å². The van der Waals surface area contributed by atoms with Crippen molar-refractivity contribution in [3.63, 3.8) is 0 Å². The van der Waals surface area contributed by atoms with Crippen LogP contribution in [-0.4, -0.2) is 63.9 Å². The van der Waals surface area contributed by atoms with E-state index in [9.17, 15) is 29.2 Å². The Kier molecular flexibility index (Phi) is 7.87. The summed E-state index contributed by atoms with van der Waals surface area (Å²) in [6, 6.07) is 30.4. The average molecular weight is 1230 g/mol. The summed E-state index contributed by atoms with van der Waals surface area (Å²) in [5.41, 5.74) is 18.0. The van der Waals surface area contributed by atoms with Crippen LogP contribution in [0.2, 0.25) is 0 Å². The maximum Gasteiger partial charge on any atom is 0.285 e. The molecule has 1 fully saturated rings. The molecule has 2 amide bonds. The van der Waals surface area contributed by atoms with Crippen LogP contribution in [0.3, 0.4) is 0 Å². The molecule has 10 atom stereocenters. The number of fused-ring (bicyclic) bond motifs is 9. The van der Waals surface area contributed by atoms with Crippen molar-refractivity contribution < 1.29 is 103 Å². The Morgan fingerprint density at radius 2 is 1.00 bits per heavy atom. The lowest BCUT2D eigenvalue weighted by Crippen LogP contribution is -2.51. The van der Waals surface area contributed by atoms with Gasteiger partial charge in [0.2, 0.25) is 34.7 Å². The number of rotatable bonds is 5. The van der Waals surface area contributed by atoms with Gasteiger partial charge < -0.3 is 25.9 Å². The van der Waals surface area contributed by atoms with Crippen LogP contribution < -0.4 is 11.5 Å². The van der Waals surface area contributed by atoms with Crippen molar-refractivity contribution in [3.05, 3.63) is 200 Å². The molecule has 80 heavy (non-hydrogen) atoms. The summed E-state index contributed by atoms with van der Waals surface area (Å²) < 4.78 is 266.